The maximum atomic E-state index is 12.9. The van der Waals surface area contributed by atoms with E-state index >= 15 is 0 Å². The minimum absolute atomic E-state index is 0.230. The fraction of sp³-hybridized carbons (Fsp3) is 0.250. The number of ether oxygens (including phenoxy) is 1. The van der Waals surface area contributed by atoms with Crippen molar-refractivity contribution in [3.63, 3.8) is 0 Å². The summed E-state index contributed by atoms with van der Waals surface area (Å²) >= 11 is 8.44. The Bertz CT molecular complexity index is 644. The molecule has 0 radical (unpaired) electrons. The molecule has 0 spiro atoms. The van der Waals surface area contributed by atoms with Crippen LogP contribution in [-0.2, 0) is 12.6 Å². The minimum atomic E-state index is -4.46. The van der Waals surface area contributed by atoms with E-state index in [1.165, 1.54) is 18.2 Å². The van der Waals surface area contributed by atoms with Crippen LogP contribution in [0.1, 0.15) is 17.5 Å². The summed E-state index contributed by atoms with van der Waals surface area (Å²) in [6.07, 6.45) is -2.63. The first-order valence-electron chi connectivity index (χ1n) is 6.60. The van der Waals surface area contributed by atoms with Crippen molar-refractivity contribution < 1.29 is 17.9 Å². The van der Waals surface area contributed by atoms with Crippen molar-refractivity contribution in [3.05, 3.63) is 58.6 Å². The van der Waals surface area contributed by atoms with Crippen molar-refractivity contribution in [3.8, 4) is 11.5 Å². The number of alkyl halides is 4. The molecule has 22 heavy (non-hydrogen) atoms. The Balaban J connectivity index is 2.23. The molecular weight excluding hydrogens is 428 g/mol. The first-order valence-corrected chi connectivity index (χ1v) is 8.50. The second-order valence-electron chi connectivity index (χ2n) is 4.64. The summed E-state index contributed by atoms with van der Waals surface area (Å²) in [6.45, 7) is 0. The van der Waals surface area contributed by atoms with Crippen LogP contribution in [0.15, 0.2) is 42.5 Å². The molecule has 0 aliphatic rings. The quantitative estimate of drug-likeness (QED) is 0.380. The molecule has 0 bridgehead atoms. The van der Waals surface area contributed by atoms with E-state index in [0.717, 1.165) is 28.9 Å². The van der Waals surface area contributed by atoms with E-state index in [4.69, 9.17) is 16.3 Å². The van der Waals surface area contributed by atoms with Crippen LogP contribution in [0.25, 0.3) is 0 Å². The molecule has 0 saturated heterocycles. The van der Waals surface area contributed by atoms with Gasteiger partial charge >= 0.3 is 6.18 Å². The van der Waals surface area contributed by atoms with E-state index in [1.807, 2.05) is 0 Å². The lowest BCUT2D eigenvalue weighted by Crippen LogP contribution is -2.06. The van der Waals surface area contributed by atoms with Crippen molar-refractivity contribution in [2.24, 2.45) is 0 Å². The molecule has 0 aromatic heterocycles. The van der Waals surface area contributed by atoms with Gasteiger partial charge in [-0.15, -0.1) is 0 Å². The number of aryl methyl sites for hydroxylation is 1. The summed E-state index contributed by atoms with van der Waals surface area (Å²) in [7, 11) is 0. The molecule has 6 heteroatoms. The van der Waals surface area contributed by atoms with Gasteiger partial charge in [-0.05, 0) is 47.1 Å². The van der Waals surface area contributed by atoms with E-state index in [1.54, 1.807) is 18.2 Å². The molecular formula is C16H13ClF3IO. The van der Waals surface area contributed by atoms with Gasteiger partial charge in [-0.1, -0.05) is 52.4 Å². The zero-order chi connectivity index (χ0) is 16.2. The summed E-state index contributed by atoms with van der Waals surface area (Å²) in [5.74, 6) is 0.0611. The van der Waals surface area contributed by atoms with Crippen molar-refractivity contribution in [1.29, 1.82) is 0 Å². The van der Waals surface area contributed by atoms with Crippen LogP contribution in [0.4, 0.5) is 13.2 Å². The number of rotatable bonds is 5. The lowest BCUT2D eigenvalue weighted by Gasteiger charge is -2.14. The summed E-state index contributed by atoms with van der Waals surface area (Å²) in [4.78, 5) is 0. The van der Waals surface area contributed by atoms with Crippen molar-refractivity contribution in [1.82, 2.24) is 0 Å². The molecule has 0 aliphatic carbocycles. The summed E-state index contributed by atoms with van der Waals surface area (Å²) in [5.41, 5.74) is 0.162. The van der Waals surface area contributed by atoms with E-state index in [9.17, 15) is 13.2 Å². The van der Waals surface area contributed by atoms with Gasteiger partial charge in [0.2, 0.25) is 0 Å². The summed E-state index contributed by atoms with van der Waals surface area (Å²) in [6, 6.07) is 10.1. The van der Waals surface area contributed by atoms with Gasteiger partial charge in [0, 0.05) is 5.02 Å². The number of para-hydroxylation sites is 1. The summed E-state index contributed by atoms with van der Waals surface area (Å²) < 4.78 is 45.2. The second-order valence-corrected chi connectivity index (χ2v) is 6.13. The van der Waals surface area contributed by atoms with E-state index in [-0.39, 0.29) is 5.75 Å². The van der Waals surface area contributed by atoms with Gasteiger partial charge < -0.3 is 4.74 Å². The average molecular weight is 441 g/mol. The number of hydrogen-bond donors (Lipinski definition) is 0. The van der Waals surface area contributed by atoms with E-state index in [0.29, 0.717) is 10.8 Å². The Morgan fingerprint density at radius 3 is 2.45 bits per heavy atom. The standard InChI is InChI=1S/C16H13ClF3IO/c17-14-10-12(8-7-11(14)4-3-9-21)22-15-6-2-1-5-13(15)16(18,19)20/h1-2,5-8,10H,3-4,9H2. The monoisotopic (exact) mass is 440 g/mol. The third-order valence-corrected chi connectivity index (χ3v) is 4.14. The Morgan fingerprint density at radius 2 is 1.82 bits per heavy atom. The fourth-order valence-corrected chi connectivity index (χ4v) is 2.61. The molecule has 0 heterocycles. The predicted molar refractivity (Wildman–Crippen MR) is 90.2 cm³/mol. The van der Waals surface area contributed by atoms with Crippen LogP contribution in [0, 0.1) is 0 Å². The molecule has 0 unspecified atom stereocenters. The maximum absolute atomic E-state index is 12.9. The minimum Gasteiger partial charge on any atom is -0.457 e. The van der Waals surface area contributed by atoms with Crippen LogP contribution in [-0.4, -0.2) is 4.43 Å². The topological polar surface area (TPSA) is 9.23 Å². The van der Waals surface area contributed by atoms with Crippen molar-refractivity contribution in [2.75, 3.05) is 4.43 Å². The first-order chi connectivity index (χ1) is 10.4. The maximum Gasteiger partial charge on any atom is 0.419 e. The van der Waals surface area contributed by atoms with Crippen LogP contribution < -0.4 is 4.74 Å². The van der Waals surface area contributed by atoms with Gasteiger partial charge in [0.05, 0.1) is 5.56 Å². The molecule has 118 valence electrons. The van der Waals surface area contributed by atoms with Gasteiger partial charge in [-0.25, -0.2) is 0 Å². The Labute approximate surface area is 145 Å². The van der Waals surface area contributed by atoms with Crippen LogP contribution in [0.5, 0.6) is 11.5 Å². The van der Waals surface area contributed by atoms with Gasteiger partial charge in [-0.3, -0.25) is 0 Å². The lowest BCUT2D eigenvalue weighted by atomic mass is 10.1. The molecule has 0 aliphatic heterocycles. The highest BCUT2D eigenvalue weighted by molar-refractivity contribution is 14.1. The van der Waals surface area contributed by atoms with Gasteiger partial charge in [0.15, 0.2) is 0 Å². The van der Waals surface area contributed by atoms with E-state index < -0.39 is 11.7 Å². The molecule has 0 N–H and O–H groups in total. The SMILES string of the molecule is FC(F)(F)c1ccccc1Oc1ccc(CCCI)c(Cl)c1. The smallest absolute Gasteiger partial charge is 0.419 e. The zero-order valence-corrected chi connectivity index (χ0v) is 14.4. The zero-order valence-electron chi connectivity index (χ0n) is 11.5. The lowest BCUT2D eigenvalue weighted by molar-refractivity contribution is -0.138. The molecule has 1 nitrogen and oxygen atoms in total. The first kappa shape index (κ1) is 17.4. The van der Waals surface area contributed by atoms with Gasteiger partial charge in [-0.2, -0.15) is 13.2 Å². The highest BCUT2D eigenvalue weighted by Crippen LogP contribution is 2.38. The van der Waals surface area contributed by atoms with Crippen LogP contribution in [0.2, 0.25) is 5.02 Å². The van der Waals surface area contributed by atoms with Crippen LogP contribution in [0.3, 0.4) is 0 Å². The Kier molecular flexibility index (Phi) is 5.97. The summed E-state index contributed by atoms with van der Waals surface area (Å²) in [5, 5.41) is 0.506. The molecule has 0 fully saturated rings. The highest BCUT2D eigenvalue weighted by atomic mass is 127. The third kappa shape index (κ3) is 4.52. The predicted octanol–water partition coefficient (Wildman–Crippen LogP) is 6.52. The number of halogens is 5. The molecule has 0 atom stereocenters. The highest BCUT2D eigenvalue weighted by Gasteiger charge is 2.34. The average Bonchev–Trinajstić information content (AvgIpc) is 2.46. The molecule has 2 rings (SSSR count). The Hall–Kier alpha value is -0.950. The van der Waals surface area contributed by atoms with Crippen LogP contribution >= 0.6 is 34.2 Å². The third-order valence-electron chi connectivity index (χ3n) is 3.02. The normalized spacial score (nSPS) is 11.5. The Morgan fingerprint density at radius 1 is 1.09 bits per heavy atom. The fourth-order valence-electron chi connectivity index (χ4n) is 1.97. The molecule has 2 aromatic rings. The van der Waals surface area contributed by atoms with Crippen molar-refractivity contribution in [2.45, 2.75) is 19.0 Å². The van der Waals surface area contributed by atoms with Gasteiger partial charge in [0.1, 0.15) is 11.5 Å². The van der Waals surface area contributed by atoms with E-state index in [2.05, 4.69) is 22.6 Å². The van der Waals surface area contributed by atoms with Gasteiger partial charge in [0.25, 0.3) is 0 Å². The van der Waals surface area contributed by atoms with Crippen molar-refractivity contribution >= 4 is 34.2 Å². The number of benzene rings is 2. The molecule has 2 aromatic carbocycles. The number of hydrogen-bond acceptors (Lipinski definition) is 1. The molecule has 0 amide bonds. The second kappa shape index (κ2) is 7.55. The molecule has 0 saturated carbocycles. The largest absolute Gasteiger partial charge is 0.457 e.